The summed E-state index contributed by atoms with van der Waals surface area (Å²) in [4.78, 5) is 12.3. The predicted octanol–water partition coefficient (Wildman–Crippen LogP) is 2.82. The molecule has 0 spiro atoms. The van der Waals surface area contributed by atoms with Crippen molar-refractivity contribution in [1.82, 2.24) is 5.32 Å². The fraction of sp³-hybridized carbons (Fsp3) is 0.588. The molecule has 0 saturated heterocycles. The molecule has 4 nitrogen and oxygen atoms in total. The number of hydrogen-bond donors (Lipinski definition) is 2. The van der Waals surface area contributed by atoms with E-state index in [0.717, 1.165) is 12.2 Å². The minimum atomic E-state index is -0.0962. The summed E-state index contributed by atoms with van der Waals surface area (Å²) in [5, 5.41) is 2.99. The number of nitrogens with one attached hydrogen (secondary N) is 1. The maximum atomic E-state index is 12.3. The molecule has 0 aliphatic carbocycles. The third-order valence-electron chi connectivity index (χ3n) is 3.06. The lowest BCUT2D eigenvalue weighted by molar-refractivity contribution is 0.0933. The number of amides is 1. The van der Waals surface area contributed by atoms with Gasteiger partial charge in [0.1, 0.15) is 5.75 Å². The maximum absolute atomic E-state index is 12.3. The summed E-state index contributed by atoms with van der Waals surface area (Å²) in [7, 11) is 0. The monoisotopic (exact) mass is 292 g/mol. The summed E-state index contributed by atoms with van der Waals surface area (Å²) in [6.45, 7) is 9.52. The van der Waals surface area contributed by atoms with Gasteiger partial charge >= 0.3 is 0 Å². The van der Waals surface area contributed by atoms with Crippen LogP contribution in [-0.4, -0.2) is 25.1 Å². The smallest absolute Gasteiger partial charge is 0.251 e. The second kappa shape index (κ2) is 8.67. The van der Waals surface area contributed by atoms with Gasteiger partial charge in [0.05, 0.1) is 6.61 Å². The molecule has 1 aromatic rings. The van der Waals surface area contributed by atoms with Crippen molar-refractivity contribution < 1.29 is 9.53 Å². The Hall–Kier alpha value is -1.55. The quantitative estimate of drug-likeness (QED) is 0.774. The van der Waals surface area contributed by atoms with Gasteiger partial charge in [-0.05, 0) is 36.5 Å². The van der Waals surface area contributed by atoms with E-state index in [1.54, 1.807) is 12.1 Å². The third kappa shape index (κ3) is 6.63. The minimum absolute atomic E-state index is 0.0118. The van der Waals surface area contributed by atoms with Crippen molar-refractivity contribution in [3.8, 4) is 5.75 Å². The summed E-state index contributed by atoms with van der Waals surface area (Å²) in [5.41, 5.74) is 6.33. The molecule has 0 aliphatic rings. The van der Waals surface area contributed by atoms with Crippen molar-refractivity contribution in [2.24, 2.45) is 17.6 Å². The number of carbonyl (C=O) groups is 1. The first-order valence-electron chi connectivity index (χ1n) is 7.66. The molecule has 0 fully saturated rings. The van der Waals surface area contributed by atoms with Crippen LogP contribution in [0, 0.1) is 11.8 Å². The van der Waals surface area contributed by atoms with E-state index in [4.69, 9.17) is 10.5 Å². The van der Waals surface area contributed by atoms with E-state index >= 15 is 0 Å². The van der Waals surface area contributed by atoms with E-state index < -0.39 is 0 Å². The topological polar surface area (TPSA) is 64.3 Å². The first-order valence-corrected chi connectivity index (χ1v) is 7.66. The molecule has 0 heterocycles. The average molecular weight is 292 g/mol. The van der Waals surface area contributed by atoms with Gasteiger partial charge in [-0.1, -0.05) is 33.8 Å². The second-order valence-electron chi connectivity index (χ2n) is 6.27. The van der Waals surface area contributed by atoms with Crippen LogP contribution in [0.1, 0.15) is 44.5 Å². The van der Waals surface area contributed by atoms with Gasteiger partial charge < -0.3 is 15.8 Å². The molecule has 1 aromatic carbocycles. The summed E-state index contributed by atoms with van der Waals surface area (Å²) in [5.74, 6) is 1.58. The van der Waals surface area contributed by atoms with Gasteiger partial charge in [-0.25, -0.2) is 0 Å². The van der Waals surface area contributed by atoms with Crippen molar-refractivity contribution in [1.29, 1.82) is 0 Å². The average Bonchev–Trinajstić information content (AvgIpc) is 2.44. The van der Waals surface area contributed by atoms with Crippen LogP contribution >= 0.6 is 0 Å². The third-order valence-corrected chi connectivity index (χ3v) is 3.06. The SMILES string of the molecule is CC(C)COc1cccc(C(=O)NC(CN)CC(C)C)c1. The molecule has 21 heavy (non-hydrogen) atoms. The highest BCUT2D eigenvalue weighted by molar-refractivity contribution is 5.94. The minimum Gasteiger partial charge on any atom is -0.493 e. The van der Waals surface area contributed by atoms with Crippen LogP contribution in [0.3, 0.4) is 0 Å². The van der Waals surface area contributed by atoms with Crippen LogP contribution in [0.5, 0.6) is 5.75 Å². The van der Waals surface area contributed by atoms with Crippen molar-refractivity contribution in [2.75, 3.05) is 13.2 Å². The lowest BCUT2D eigenvalue weighted by Crippen LogP contribution is -2.41. The van der Waals surface area contributed by atoms with Crippen LogP contribution in [0.15, 0.2) is 24.3 Å². The number of nitrogens with two attached hydrogens (primary N) is 1. The number of ether oxygens (including phenoxy) is 1. The van der Waals surface area contributed by atoms with Crippen LogP contribution in [0.4, 0.5) is 0 Å². The molecule has 118 valence electrons. The Kier molecular flexibility index (Phi) is 7.23. The fourth-order valence-electron chi connectivity index (χ4n) is 2.04. The van der Waals surface area contributed by atoms with Gasteiger partial charge in [-0.3, -0.25) is 4.79 Å². The molecule has 0 radical (unpaired) electrons. The van der Waals surface area contributed by atoms with E-state index in [9.17, 15) is 4.79 Å². The van der Waals surface area contributed by atoms with Gasteiger partial charge in [-0.2, -0.15) is 0 Å². The van der Waals surface area contributed by atoms with Crippen LogP contribution < -0.4 is 15.8 Å². The molecule has 0 aliphatic heterocycles. The Balaban J connectivity index is 2.66. The Bertz CT molecular complexity index is 444. The highest BCUT2D eigenvalue weighted by Gasteiger charge is 2.14. The molecule has 1 amide bonds. The van der Waals surface area contributed by atoms with Gasteiger partial charge in [0.25, 0.3) is 5.91 Å². The Morgan fingerprint density at radius 3 is 2.52 bits per heavy atom. The normalized spacial score (nSPS) is 12.5. The van der Waals surface area contributed by atoms with Crippen molar-refractivity contribution in [3.05, 3.63) is 29.8 Å². The Labute approximate surface area is 128 Å². The van der Waals surface area contributed by atoms with Crippen molar-refractivity contribution in [3.63, 3.8) is 0 Å². The van der Waals surface area contributed by atoms with Gasteiger partial charge in [-0.15, -0.1) is 0 Å². The molecular weight excluding hydrogens is 264 g/mol. The number of rotatable bonds is 8. The highest BCUT2D eigenvalue weighted by Crippen LogP contribution is 2.15. The second-order valence-corrected chi connectivity index (χ2v) is 6.27. The first kappa shape index (κ1) is 17.5. The van der Waals surface area contributed by atoms with E-state index in [2.05, 4.69) is 33.0 Å². The van der Waals surface area contributed by atoms with Crippen LogP contribution in [0.25, 0.3) is 0 Å². The zero-order valence-corrected chi connectivity index (χ0v) is 13.6. The summed E-state index contributed by atoms with van der Waals surface area (Å²) >= 11 is 0. The van der Waals surface area contributed by atoms with E-state index in [-0.39, 0.29) is 11.9 Å². The highest BCUT2D eigenvalue weighted by atomic mass is 16.5. The number of benzene rings is 1. The summed E-state index contributed by atoms with van der Waals surface area (Å²) < 4.78 is 5.65. The fourth-order valence-corrected chi connectivity index (χ4v) is 2.04. The van der Waals surface area contributed by atoms with Gasteiger partial charge in [0.15, 0.2) is 0 Å². The summed E-state index contributed by atoms with van der Waals surface area (Å²) in [6, 6.07) is 7.29. The van der Waals surface area contributed by atoms with Crippen LogP contribution in [-0.2, 0) is 0 Å². The van der Waals surface area contributed by atoms with Crippen molar-refractivity contribution in [2.45, 2.75) is 40.2 Å². The van der Waals surface area contributed by atoms with Crippen molar-refractivity contribution >= 4 is 5.91 Å². The van der Waals surface area contributed by atoms with E-state index in [1.165, 1.54) is 0 Å². The molecule has 0 aromatic heterocycles. The predicted molar refractivity (Wildman–Crippen MR) is 86.5 cm³/mol. The zero-order chi connectivity index (χ0) is 15.8. The summed E-state index contributed by atoms with van der Waals surface area (Å²) in [6.07, 6.45) is 0.881. The molecule has 4 heteroatoms. The number of carbonyl (C=O) groups excluding carboxylic acids is 1. The molecule has 1 rings (SSSR count). The molecule has 0 bridgehead atoms. The molecular formula is C17H28N2O2. The lowest BCUT2D eigenvalue weighted by Gasteiger charge is -2.19. The first-order chi connectivity index (χ1) is 9.92. The zero-order valence-electron chi connectivity index (χ0n) is 13.6. The largest absolute Gasteiger partial charge is 0.493 e. The van der Waals surface area contributed by atoms with Gasteiger partial charge in [0.2, 0.25) is 0 Å². The molecule has 1 atom stereocenters. The molecule has 1 unspecified atom stereocenters. The Morgan fingerprint density at radius 2 is 1.95 bits per heavy atom. The van der Waals surface area contributed by atoms with Gasteiger partial charge in [0, 0.05) is 18.2 Å². The maximum Gasteiger partial charge on any atom is 0.251 e. The Morgan fingerprint density at radius 1 is 1.24 bits per heavy atom. The molecule has 3 N–H and O–H groups in total. The van der Waals surface area contributed by atoms with Crippen LogP contribution in [0.2, 0.25) is 0 Å². The van der Waals surface area contributed by atoms with E-state index in [1.807, 2.05) is 12.1 Å². The molecule has 0 saturated carbocycles. The number of hydrogen-bond acceptors (Lipinski definition) is 3. The standard InChI is InChI=1S/C17H28N2O2/c1-12(2)8-15(10-18)19-17(20)14-6-5-7-16(9-14)21-11-13(3)4/h5-7,9,12-13,15H,8,10-11,18H2,1-4H3,(H,19,20). The lowest BCUT2D eigenvalue weighted by atomic mass is 10.0. The van der Waals surface area contributed by atoms with E-state index in [0.29, 0.717) is 30.6 Å².